The number of likely N-dealkylation sites (tertiary alicyclic amines) is 1. The van der Waals surface area contributed by atoms with Crippen LogP contribution in [0.1, 0.15) is 45.4 Å². The number of nitrogens with zero attached hydrogens (tertiary/aromatic N) is 1. The molecule has 2 aliphatic rings. The number of piperidine rings is 1. The second-order valence-corrected chi connectivity index (χ2v) is 5.23. The molecule has 3 nitrogen and oxygen atoms in total. The third kappa shape index (κ3) is 2.57. The van der Waals surface area contributed by atoms with E-state index in [9.17, 15) is 4.79 Å². The van der Waals surface area contributed by atoms with Crippen molar-refractivity contribution in [1.82, 2.24) is 4.90 Å². The van der Waals surface area contributed by atoms with Gasteiger partial charge in [0.05, 0.1) is 0 Å². The largest absolute Gasteiger partial charge is 0.372 e. The normalized spacial score (nSPS) is 23.9. The van der Waals surface area contributed by atoms with Gasteiger partial charge in [-0.3, -0.25) is 4.79 Å². The molecule has 2 fully saturated rings. The molecular weight excluding hydrogens is 202 g/mol. The highest BCUT2D eigenvalue weighted by molar-refractivity contribution is 5.77. The highest BCUT2D eigenvalue weighted by atomic mass is 16.5. The summed E-state index contributed by atoms with van der Waals surface area (Å²) in [5.74, 6) is 0.176. The second-order valence-electron chi connectivity index (χ2n) is 5.23. The molecule has 1 aliphatic carbocycles. The van der Waals surface area contributed by atoms with Crippen molar-refractivity contribution in [3.8, 4) is 0 Å². The Morgan fingerprint density at radius 2 is 1.81 bits per heavy atom. The maximum Gasteiger partial charge on any atom is 0.248 e. The molecule has 1 heterocycles. The van der Waals surface area contributed by atoms with Crippen LogP contribution in [0.4, 0.5) is 0 Å². The third-order valence-electron chi connectivity index (χ3n) is 4.27. The Morgan fingerprint density at radius 3 is 2.38 bits per heavy atom. The number of carbonyl (C=O) groups excluding carboxylic acids is 1. The highest BCUT2D eigenvalue weighted by Gasteiger charge is 2.37. The van der Waals surface area contributed by atoms with Crippen LogP contribution in [0.3, 0.4) is 0 Å². The topological polar surface area (TPSA) is 29.5 Å². The van der Waals surface area contributed by atoms with Crippen molar-refractivity contribution in [3.05, 3.63) is 0 Å². The van der Waals surface area contributed by atoms with Crippen molar-refractivity contribution >= 4 is 5.91 Å². The maximum atomic E-state index is 11.8. The molecule has 0 aromatic carbocycles. The summed E-state index contributed by atoms with van der Waals surface area (Å²) in [6, 6.07) is 0. The van der Waals surface area contributed by atoms with Crippen LogP contribution in [0.25, 0.3) is 0 Å². The minimum atomic E-state index is 0.176. The summed E-state index contributed by atoms with van der Waals surface area (Å²) in [5.41, 5.74) is 0.600. The summed E-state index contributed by atoms with van der Waals surface area (Å²) in [5, 5.41) is 0. The Labute approximate surface area is 98.1 Å². The molecule has 1 saturated heterocycles. The Bertz CT molecular complexity index is 236. The van der Waals surface area contributed by atoms with Gasteiger partial charge in [0, 0.05) is 19.7 Å². The molecule has 0 bridgehead atoms. The molecule has 16 heavy (non-hydrogen) atoms. The van der Waals surface area contributed by atoms with Crippen LogP contribution in [0.5, 0.6) is 0 Å². The molecular formula is C13H23NO2. The lowest BCUT2D eigenvalue weighted by Gasteiger charge is -2.39. The van der Waals surface area contributed by atoms with E-state index in [1.807, 2.05) is 11.8 Å². The molecule has 0 radical (unpaired) electrons. The quantitative estimate of drug-likeness (QED) is 0.737. The lowest BCUT2D eigenvalue weighted by Crippen LogP contribution is -2.43. The maximum absolute atomic E-state index is 11.8. The van der Waals surface area contributed by atoms with Crippen molar-refractivity contribution in [2.24, 2.45) is 5.41 Å². The summed E-state index contributed by atoms with van der Waals surface area (Å²) in [6.45, 7) is 4.72. The molecule has 92 valence electrons. The standard InChI is InChI=1S/C13H23NO2/c1-2-16-11-12(15)14-9-7-13(8-10-14)5-3-4-6-13/h2-11H2,1H3. The number of hydrogen-bond donors (Lipinski definition) is 0. The average Bonchev–Trinajstić information content (AvgIpc) is 2.75. The van der Waals surface area contributed by atoms with Gasteiger partial charge in [-0.1, -0.05) is 12.8 Å². The van der Waals surface area contributed by atoms with Crippen molar-refractivity contribution in [1.29, 1.82) is 0 Å². The molecule has 0 unspecified atom stereocenters. The highest BCUT2D eigenvalue weighted by Crippen LogP contribution is 2.46. The van der Waals surface area contributed by atoms with Crippen molar-refractivity contribution in [2.45, 2.75) is 45.4 Å². The van der Waals surface area contributed by atoms with Gasteiger partial charge in [-0.25, -0.2) is 0 Å². The Balaban J connectivity index is 1.78. The molecule has 0 N–H and O–H groups in total. The Kier molecular flexibility index (Phi) is 3.85. The summed E-state index contributed by atoms with van der Waals surface area (Å²) >= 11 is 0. The summed E-state index contributed by atoms with van der Waals surface area (Å²) in [7, 11) is 0. The van der Waals surface area contributed by atoms with Gasteiger partial charge in [0.15, 0.2) is 0 Å². The van der Waals surface area contributed by atoms with E-state index in [-0.39, 0.29) is 12.5 Å². The van der Waals surface area contributed by atoms with E-state index in [2.05, 4.69) is 0 Å². The van der Waals surface area contributed by atoms with E-state index in [0.717, 1.165) is 13.1 Å². The monoisotopic (exact) mass is 225 g/mol. The molecule has 0 atom stereocenters. The van der Waals surface area contributed by atoms with E-state index < -0.39 is 0 Å². The first-order valence-corrected chi connectivity index (χ1v) is 6.61. The second kappa shape index (κ2) is 5.17. The van der Waals surface area contributed by atoms with Crippen LogP contribution < -0.4 is 0 Å². The number of ether oxygens (including phenoxy) is 1. The molecule has 0 aromatic rings. The first kappa shape index (κ1) is 11.9. The molecule has 1 aliphatic heterocycles. The zero-order valence-corrected chi connectivity index (χ0v) is 10.3. The number of rotatable bonds is 3. The SMILES string of the molecule is CCOCC(=O)N1CCC2(CCCC2)CC1. The van der Waals surface area contributed by atoms with Gasteiger partial charge in [0.2, 0.25) is 5.91 Å². The van der Waals surface area contributed by atoms with E-state index in [0.29, 0.717) is 12.0 Å². The number of hydrogen-bond acceptors (Lipinski definition) is 2. The van der Waals surface area contributed by atoms with Gasteiger partial charge >= 0.3 is 0 Å². The van der Waals surface area contributed by atoms with Crippen LogP contribution in [0, 0.1) is 5.41 Å². The Morgan fingerprint density at radius 1 is 1.19 bits per heavy atom. The first-order valence-electron chi connectivity index (χ1n) is 6.61. The minimum Gasteiger partial charge on any atom is -0.372 e. The van der Waals surface area contributed by atoms with Crippen molar-refractivity contribution < 1.29 is 9.53 Å². The molecule has 1 amide bonds. The zero-order valence-electron chi connectivity index (χ0n) is 10.3. The van der Waals surface area contributed by atoms with Crippen LogP contribution in [0.15, 0.2) is 0 Å². The van der Waals surface area contributed by atoms with E-state index in [4.69, 9.17) is 4.74 Å². The van der Waals surface area contributed by atoms with E-state index in [1.165, 1.54) is 38.5 Å². The van der Waals surface area contributed by atoms with Gasteiger partial charge in [0.1, 0.15) is 6.61 Å². The average molecular weight is 225 g/mol. The lowest BCUT2D eigenvalue weighted by molar-refractivity contribution is -0.138. The van der Waals surface area contributed by atoms with Crippen molar-refractivity contribution in [3.63, 3.8) is 0 Å². The fourth-order valence-corrected chi connectivity index (χ4v) is 3.14. The van der Waals surface area contributed by atoms with Crippen LogP contribution in [0.2, 0.25) is 0 Å². The van der Waals surface area contributed by atoms with Gasteiger partial charge in [-0.05, 0) is 38.0 Å². The summed E-state index contributed by atoms with van der Waals surface area (Å²) in [6.07, 6.45) is 8.00. The smallest absolute Gasteiger partial charge is 0.248 e. The van der Waals surface area contributed by atoms with E-state index >= 15 is 0 Å². The fourth-order valence-electron chi connectivity index (χ4n) is 3.14. The third-order valence-corrected chi connectivity index (χ3v) is 4.27. The van der Waals surface area contributed by atoms with Crippen LogP contribution >= 0.6 is 0 Å². The number of carbonyl (C=O) groups is 1. The van der Waals surface area contributed by atoms with Crippen LogP contribution in [-0.4, -0.2) is 37.1 Å². The Hall–Kier alpha value is -0.570. The van der Waals surface area contributed by atoms with Crippen LogP contribution in [-0.2, 0) is 9.53 Å². The lowest BCUT2D eigenvalue weighted by atomic mass is 9.77. The molecule has 1 spiro atoms. The molecule has 2 rings (SSSR count). The zero-order chi connectivity index (χ0) is 11.4. The molecule has 3 heteroatoms. The number of amides is 1. The summed E-state index contributed by atoms with van der Waals surface area (Å²) in [4.78, 5) is 13.7. The summed E-state index contributed by atoms with van der Waals surface area (Å²) < 4.78 is 5.17. The molecule has 1 saturated carbocycles. The predicted octanol–water partition coefficient (Wildman–Crippen LogP) is 2.21. The van der Waals surface area contributed by atoms with Gasteiger partial charge in [0.25, 0.3) is 0 Å². The van der Waals surface area contributed by atoms with Crippen molar-refractivity contribution in [2.75, 3.05) is 26.3 Å². The van der Waals surface area contributed by atoms with Gasteiger partial charge < -0.3 is 9.64 Å². The first-order chi connectivity index (χ1) is 7.76. The van der Waals surface area contributed by atoms with Gasteiger partial charge in [-0.2, -0.15) is 0 Å². The predicted molar refractivity (Wildman–Crippen MR) is 63.2 cm³/mol. The van der Waals surface area contributed by atoms with Gasteiger partial charge in [-0.15, -0.1) is 0 Å². The molecule has 0 aromatic heterocycles. The van der Waals surface area contributed by atoms with E-state index in [1.54, 1.807) is 0 Å². The fraction of sp³-hybridized carbons (Fsp3) is 0.923. The minimum absolute atomic E-state index is 0.176.